The van der Waals surface area contributed by atoms with Crippen LogP contribution in [-0.2, 0) is 9.59 Å². The fraction of sp³-hybridized carbons (Fsp3) is 0.800. The second-order valence-electron chi connectivity index (χ2n) is 4.91. The molecule has 15 heavy (non-hydrogen) atoms. The minimum absolute atomic E-state index is 0.126. The van der Waals surface area contributed by atoms with Gasteiger partial charge in [-0.05, 0) is 6.92 Å². The van der Waals surface area contributed by atoms with Crippen molar-refractivity contribution in [3.05, 3.63) is 0 Å². The SMILES string of the molecule is CC1(C)CC(=O)N(C(C)(CO)CO)C1=O. The highest BCUT2D eigenvalue weighted by Crippen LogP contribution is 2.35. The number of likely N-dealkylation sites (tertiary alicyclic amines) is 1. The number of amides is 2. The molecule has 1 rings (SSSR count). The van der Waals surface area contributed by atoms with Crippen LogP contribution in [0.1, 0.15) is 27.2 Å². The molecule has 0 aromatic heterocycles. The summed E-state index contributed by atoms with van der Waals surface area (Å²) >= 11 is 0. The van der Waals surface area contributed by atoms with Crippen molar-refractivity contribution < 1.29 is 19.8 Å². The zero-order chi connectivity index (χ0) is 11.9. The van der Waals surface area contributed by atoms with Gasteiger partial charge in [0.25, 0.3) is 0 Å². The van der Waals surface area contributed by atoms with Crippen LogP contribution in [0.2, 0.25) is 0 Å². The van der Waals surface area contributed by atoms with E-state index in [0.717, 1.165) is 4.90 Å². The van der Waals surface area contributed by atoms with E-state index in [1.807, 2.05) is 0 Å². The standard InChI is InChI=1S/C10H17NO4/c1-9(2)4-7(14)11(8(9)15)10(3,5-12)6-13/h12-13H,4-6H2,1-3H3. The minimum atomic E-state index is -1.19. The Kier molecular flexibility index (Phi) is 2.89. The summed E-state index contributed by atoms with van der Waals surface area (Å²) in [4.78, 5) is 24.5. The van der Waals surface area contributed by atoms with Gasteiger partial charge in [0.1, 0.15) is 0 Å². The Morgan fingerprint density at radius 2 is 1.80 bits per heavy atom. The molecule has 2 N–H and O–H groups in total. The van der Waals surface area contributed by atoms with Gasteiger partial charge in [0.15, 0.2) is 0 Å². The summed E-state index contributed by atoms with van der Waals surface area (Å²) in [7, 11) is 0. The maximum absolute atomic E-state index is 11.9. The van der Waals surface area contributed by atoms with Gasteiger partial charge in [-0.15, -0.1) is 0 Å². The molecule has 0 saturated carbocycles. The Morgan fingerprint density at radius 1 is 1.33 bits per heavy atom. The van der Waals surface area contributed by atoms with Gasteiger partial charge in [-0.2, -0.15) is 0 Å². The average molecular weight is 215 g/mol. The summed E-state index contributed by atoms with van der Waals surface area (Å²) in [5.74, 6) is -0.672. The summed E-state index contributed by atoms with van der Waals surface area (Å²) in [6.45, 7) is 3.99. The number of hydrogen-bond acceptors (Lipinski definition) is 4. The van der Waals surface area contributed by atoms with Crippen molar-refractivity contribution in [2.45, 2.75) is 32.7 Å². The monoisotopic (exact) mass is 215 g/mol. The van der Waals surface area contributed by atoms with Gasteiger partial charge in [0.2, 0.25) is 11.8 Å². The maximum Gasteiger partial charge on any atom is 0.236 e. The van der Waals surface area contributed by atoms with Crippen molar-refractivity contribution in [3.63, 3.8) is 0 Å². The highest BCUT2D eigenvalue weighted by molar-refractivity contribution is 6.06. The molecule has 1 aliphatic heterocycles. The second-order valence-corrected chi connectivity index (χ2v) is 4.91. The number of carbonyl (C=O) groups excluding carboxylic acids is 2. The molecule has 2 amide bonds. The average Bonchev–Trinajstić information content (AvgIpc) is 2.36. The zero-order valence-electron chi connectivity index (χ0n) is 9.28. The lowest BCUT2D eigenvalue weighted by molar-refractivity contribution is -0.151. The molecule has 5 nitrogen and oxygen atoms in total. The molecule has 0 radical (unpaired) electrons. The van der Waals surface area contributed by atoms with Crippen LogP contribution in [-0.4, -0.2) is 45.7 Å². The topological polar surface area (TPSA) is 77.8 Å². The number of imide groups is 1. The molecule has 1 saturated heterocycles. The predicted octanol–water partition coefficient (Wildman–Crippen LogP) is -0.485. The highest BCUT2D eigenvalue weighted by Gasteiger charge is 2.51. The van der Waals surface area contributed by atoms with E-state index in [1.54, 1.807) is 13.8 Å². The van der Waals surface area contributed by atoms with Gasteiger partial charge >= 0.3 is 0 Å². The number of aliphatic hydroxyl groups excluding tert-OH is 2. The van der Waals surface area contributed by atoms with Crippen molar-refractivity contribution in [3.8, 4) is 0 Å². The molecule has 5 heteroatoms. The lowest BCUT2D eigenvalue weighted by Gasteiger charge is -2.34. The third-order valence-corrected chi connectivity index (χ3v) is 2.85. The number of aliphatic hydroxyl groups is 2. The van der Waals surface area contributed by atoms with Crippen LogP contribution >= 0.6 is 0 Å². The molecule has 0 aliphatic carbocycles. The van der Waals surface area contributed by atoms with Gasteiger partial charge in [0.05, 0.1) is 24.2 Å². The predicted molar refractivity (Wildman–Crippen MR) is 52.8 cm³/mol. The molecule has 0 aromatic rings. The first-order valence-corrected chi connectivity index (χ1v) is 4.88. The van der Waals surface area contributed by atoms with Crippen LogP contribution in [0.25, 0.3) is 0 Å². The molecule has 1 fully saturated rings. The van der Waals surface area contributed by atoms with E-state index in [4.69, 9.17) is 10.2 Å². The quantitative estimate of drug-likeness (QED) is 0.623. The Hall–Kier alpha value is -0.940. The van der Waals surface area contributed by atoms with Crippen LogP contribution < -0.4 is 0 Å². The van der Waals surface area contributed by atoms with Gasteiger partial charge in [-0.25, -0.2) is 0 Å². The lowest BCUT2D eigenvalue weighted by atomic mass is 9.91. The van der Waals surface area contributed by atoms with Crippen molar-refractivity contribution >= 4 is 11.8 Å². The molecule has 1 heterocycles. The molecule has 0 atom stereocenters. The van der Waals surface area contributed by atoms with Crippen LogP contribution in [0.4, 0.5) is 0 Å². The second kappa shape index (κ2) is 3.57. The number of rotatable bonds is 3. The fourth-order valence-electron chi connectivity index (χ4n) is 1.69. The fourth-order valence-corrected chi connectivity index (χ4v) is 1.69. The van der Waals surface area contributed by atoms with Crippen molar-refractivity contribution in [1.82, 2.24) is 4.90 Å². The minimum Gasteiger partial charge on any atom is -0.394 e. The smallest absolute Gasteiger partial charge is 0.236 e. The highest BCUT2D eigenvalue weighted by atomic mass is 16.3. The third kappa shape index (κ3) is 1.77. The molecule has 1 aliphatic rings. The molecule has 0 unspecified atom stereocenters. The Bertz CT molecular complexity index is 294. The summed E-state index contributed by atoms with van der Waals surface area (Å²) in [6.07, 6.45) is 0.126. The first-order chi connectivity index (χ1) is 6.78. The van der Waals surface area contributed by atoms with E-state index in [2.05, 4.69) is 0 Å². The molecule has 0 bridgehead atoms. The number of carbonyl (C=O) groups is 2. The van der Waals surface area contributed by atoms with E-state index in [-0.39, 0.29) is 18.2 Å². The maximum atomic E-state index is 11.9. The summed E-state index contributed by atoms with van der Waals surface area (Å²) < 4.78 is 0. The Morgan fingerprint density at radius 3 is 2.07 bits per heavy atom. The van der Waals surface area contributed by atoms with Gasteiger partial charge in [-0.1, -0.05) is 13.8 Å². The number of hydrogen-bond donors (Lipinski definition) is 2. The molecular formula is C10H17NO4. The van der Waals surface area contributed by atoms with Crippen molar-refractivity contribution in [2.75, 3.05) is 13.2 Å². The third-order valence-electron chi connectivity index (χ3n) is 2.85. The summed E-state index contributed by atoms with van der Waals surface area (Å²) in [5.41, 5.74) is -1.93. The molecular weight excluding hydrogens is 198 g/mol. The van der Waals surface area contributed by atoms with Gasteiger partial charge < -0.3 is 10.2 Å². The van der Waals surface area contributed by atoms with Crippen LogP contribution in [0.5, 0.6) is 0 Å². The largest absolute Gasteiger partial charge is 0.394 e. The van der Waals surface area contributed by atoms with E-state index >= 15 is 0 Å². The van der Waals surface area contributed by atoms with Crippen LogP contribution in [0.15, 0.2) is 0 Å². The lowest BCUT2D eigenvalue weighted by Crippen LogP contribution is -2.55. The van der Waals surface area contributed by atoms with E-state index in [1.165, 1.54) is 6.92 Å². The van der Waals surface area contributed by atoms with Gasteiger partial charge in [-0.3, -0.25) is 14.5 Å². The van der Waals surface area contributed by atoms with Gasteiger partial charge in [0, 0.05) is 6.42 Å². The molecule has 0 spiro atoms. The summed E-state index contributed by atoms with van der Waals surface area (Å²) in [5, 5.41) is 18.3. The van der Waals surface area contributed by atoms with Crippen molar-refractivity contribution in [2.24, 2.45) is 5.41 Å². The van der Waals surface area contributed by atoms with Crippen LogP contribution in [0, 0.1) is 5.41 Å². The Balaban J connectivity index is 3.06. The van der Waals surface area contributed by atoms with Crippen molar-refractivity contribution in [1.29, 1.82) is 0 Å². The first kappa shape index (κ1) is 12.1. The number of nitrogens with zero attached hydrogens (tertiary/aromatic N) is 1. The zero-order valence-corrected chi connectivity index (χ0v) is 9.28. The Labute approximate surface area is 88.7 Å². The van der Waals surface area contributed by atoms with E-state index < -0.39 is 24.2 Å². The molecule has 86 valence electrons. The first-order valence-electron chi connectivity index (χ1n) is 4.88. The molecule has 0 aromatic carbocycles. The van der Waals surface area contributed by atoms with E-state index in [0.29, 0.717) is 0 Å². The van der Waals surface area contributed by atoms with E-state index in [9.17, 15) is 9.59 Å². The van der Waals surface area contributed by atoms with Crippen LogP contribution in [0.3, 0.4) is 0 Å². The normalized spacial score (nSPS) is 21.3. The summed E-state index contributed by atoms with van der Waals surface area (Å²) in [6, 6.07) is 0.